The van der Waals surface area contributed by atoms with E-state index in [9.17, 15) is 5.11 Å². The fourth-order valence-electron chi connectivity index (χ4n) is 1.75. The number of furan rings is 1. The van der Waals surface area contributed by atoms with Crippen molar-refractivity contribution < 1.29 is 14.3 Å². The number of aliphatic hydroxyl groups is 1. The summed E-state index contributed by atoms with van der Waals surface area (Å²) in [4.78, 5) is 0. The predicted octanol–water partition coefficient (Wildman–Crippen LogP) is 1.55. The zero-order valence-electron chi connectivity index (χ0n) is 10.4. The van der Waals surface area contributed by atoms with Crippen LogP contribution >= 0.6 is 0 Å². The molecule has 0 saturated heterocycles. The topological polar surface area (TPSA) is 54.6 Å². The van der Waals surface area contributed by atoms with Crippen LogP contribution in [0, 0.1) is 13.8 Å². The average molecular weight is 227 g/mol. The van der Waals surface area contributed by atoms with E-state index in [2.05, 4.69) is 12.2 Å². The van der Waals surface area contributed by atoms with Crippen LogP contribution in [-0.4, -0.2) is 31.5 Å². The molecule has 0 aliphatic heterocycles. The molecule has 1 rings (SSSR count). The number of rotatable bonds is 6. The molecule has 0 aliphatic carbocycles. The molecule has 0 aromatic carbocycles. The lowest BCUT2D eigenvalue weighted by Gasteiger charge is -2.16. The average Bonchev–Trinajstić information content (AvgIpc) is 2.55. The molecule has 0 fully saturated rings. The third-order valence-electron chi connectivity index (χ3n) is 2.56. The molecular formula is C12H21NO3. The van der Waals surface area contributed by atoms with Crippen LogP contribution in [0.15, 0.2) is 10.5 Å². The highest BCUT2D eigenvalue weighted by molar-refractivity contribution is 5.23. The van der Waals surface area contributed by atoms with Gasteiger partial charge in [0.1, 0.15) is 11.5 Å². The molecule has 0 saturated carbocycles. The fourth-order valence-corrected chi connectivity index (χ4v) is 1.75. The standard InChI is InChI=1S/C12H21NO3/c1-8-5-12(10(3)16-8)9(2)13-6-11(14)7-15-4/h5,9,11,13-14H,6-7H2,1-4H3/t9-,11+/m1/s1. The van der Waals surface area contributed by atoms with Crippen LogP contribution < -0.4 is 5.32 Å². The number of aliphatic hydroxyl groups excluding tert-OH is 1. The van der Waals surface area contributed by atoms with Crippen LogP contribution in [0.4, 0.5) is 0 Å². The molecule has 1 aromatic heterocycles. The zero-order valence-corrected chi connectivity index (χ0v) is 10.4. The highest BCUT2D eigenvalue weighted by Crippen LogP contribution is 2.20. The highest BCUT2D eigenvalue weighted by Gasteiger charge is 2.13. The van der Waals surface area contributed by atoms with Crippen LogP contribution in [0.2, 0.25) is 0 Å². The minimum atomic E-state index is -0.472. The van der Waals surface area contributed by atoms with E-state index in [0.717, 1.165) is 17.1 Å². The Morgan fingerprint density at radius 1 is 1.50 bits per heavy atom. The Balaban J connectivity index is 2.46. The van der Waals surface area contributed by atoms with E-state index in [0.29, 0.717) is 13.2 Å². The van der Waals surface area contributed by atoms with Crippen molar-refractivity contribution in [3.05, 3.63) is 23.2 Å². The molecule has 2 atom stereocenters. The van der Waals surface area contributed by atoms with Gasteiger partial charge in [0.15, 0.2) is 0 Å². The monoisotopic (exact) mass is 227 g/mol. The largest absolute Gasteiger partial charge is 0.466 e. The summed E-state index contributed by atoms with van der Waals surface area (Å²) in [6, 6.07) is 2.19. The van der Waals surface area contributed by atoms with E-state index in [1.54, 1.807) is 7.11 Å². The lowest BCUT2D eigenvalue weighted by molar-refractivity contribution is 0.0630. The number of hydrogen-bond donors (Lipinski definition) is 2. The Hall–Kier alpha value is -0.840. The maximum absolute atomic E-state index is 9.51. The normalized spacial score (nSPS) is 15.1. The van der Waals surface area contributed by atoms with Crippen molar-refractivity contribution in [1.82, 2.24) is 5.32 Å². The van der Waals surface area contributed by atoms with Crippen molar-refractivity contribution in [2.75, 3.05) is 20.3 Å². The summed E-state index contributed by atoms with van der Waals surface area (Å²) in [7, 11) is 1.58. The van der Waals surface area contributed by atoms with E-state index in [-0.39, 0.29) is 6.04 Å². The smallest absolute Gasteiger partial charge is 0.105 e. The molecule has 4 nitrogen and oxygen atoms in total. The van der Waals surface area contributed by atoms with Crippen molar-refractivity contribution in [2.24, 2.45) is 0 Å². The first kappa shape index (κ1) is 13.2. The molecular weight excluding hydrogens is 206 g/mol. The Bertz CT molecular complexity index is 322. The van der Waals surface area contributed by atoms with Crippen molar-refractivity contribution in [2.45, 2.75) is 32.9 Å². The van der Waals surface area contributed by atoms with E-state index in [4.69, 9.17) is 9.15 Å². The van der Waals surface area contributed by atoms with Gasteiger partial charge < -0.3 is 19.6 Å². The molecule has 0 amide bonds. The van der Waals surface area contributed by atoms with E-state index in [1.807, 2.05) is 19.9 Å². The highest BCUT2D eigenvalue weighted by atomic mass is 16.5. The summed E-state index contributed by atoms with van der Waals surface area (Å²) >= 11 is 0. The summed E-state index contributed by atoms with van der Waals surface area (Å²) in [6.45, 7) is 6.80. The van der Waals surface area contributed by atoms with E-state index >= 15 is 0 Å². The maximum Gasteiger partial charge on any atom is 0.105 e. The van der Waals surface area contributed by atoms with Gasteiger partial charge in [-0.05, 0) is 26.8 Å². The van der Waals surface area contributed by atoms with E-state index < -0.39 is 6.10 Å². The lowest BCUT2D eigenvalue weighted by atomic mass is 10.1. The first-order valence-corrected chi connectivity index (χ1v) is 5.52. The molecule has 0 unspecified atom stereocenters. The Morgan fingerprint density at radius 2 is 2.19 bits per heavy atom. The maximum atomic E-state index is 9.51. The van der Waals surface area contributed by atoms with Crippen LogP contribution in [-0.2, 0) is 4.74 Å². The molecule has 0 aliphatic rings. The fraction of sp³-hybridized carbons (Fsp3) is 0.667. The van der Waals surface area contributed by atoms with Gasteiger partial charge >= 0.3 is 0 Å². The first-order valence-electron chi connectivity index (χ1n) is 5.52. The lowest BCUT2D eigenvalue weighted by Crippen LogP contribution is -2.31. The molecule has 1 aromatic rings. The van der Waals surface area contributed by atoms with Crippen LogP contribution in [0.1, 0.15) is 30.0 Å². The SMILES string of the molecule is COC[C@@H](O)CN[C@H](C)c1cc(C)oc1C. The molecule has 0 spiro atoms. The van der Waals surface area contributed by atoms with Gasteiger partial charge in [-0.1, -0.05) is 0 Å². The minimum absolute atomic E-state index is 0.170. The van der Waals surface area contributed by atoms with Crippen molar-refractivity contribution in [3.63, 3.8) is 0 Å². The van der Waals surface area contributed by atoms with E-state index in [1.165, 1.54) is 0 Å². The van der Waals surface area contributed by atoms with Crippen molar-refractivity contribution >= 4 is 0 Å². The van der Waals surface area contributed by atoms with Gasteiger partial charge in [-0.3, -0.25) is 0 Å². The predicted molar refractivity (Wildman–Crippen MR) is 62.5 cm³/mol. The molecule has 2 N–H and O–H groups in total. The third kappa shape index (κ3) is 3.63. The summed E-state index contributed by atoms with van der Waals surface area (Å²) in [5.74, 6) is 1.84. The second kappa shape index (κ2) is 6.03. The number of ether oxygens (including phenoxy) is 1. The molecule has 0 radical (unpaired) electrons. The molecule has 1 heterocycles. The van der Waals surface area contributed by atoms with Gasteiger partial charge in [0.2, 0.25) is 0 Å². The third-order valence-corrected chi connectivity index (χ3v) is 2.56. The van der Waals surface area contributed by atoms with Crippen LogP contribution in [0.5, 0.6) is 0 Å². The Kier molecular flexibility index (Phi) is 4.99. The molecule has 92 valence electrons. The number of nitrogens with one attached hydrogen (secondary N) is 1. The van der Waals surface area contributed by atoms with Crippen LogP contribution in [0.25, 0.3) is 0 Å². The second-order valence-corrected chi connectivity index (χ2v) is 4.11. The Labute approximate surface area is 96.6 Å². The summed E-state index contributed by atoms with van der Waals surface area (Å²) < 4.78 is 10.3. The Morgan fingerprint density at radius 3 is 2.69 bits per heavy atom. The molecule has 16 heavy (non-hydrogen) atoms. The quantitative estimate of drug-likeness (QED) is 0.774. The van der Waals surface area contributed by atoms with Crippen LogP contribution in [0.3, 0.4) is 0 Å². The van der Waals surface area contributed by atoms with Gasteiger partial charge in [0.25, 0.3) is 0 Å². The van der Waals surface area contributed by atoms with Gasteiger partial charge in [0.05, 0.1) is 12.7 Å². The first-order chi connectivity index (χ1) is 7.54. The summed E-state index contributed by atoms with van der Waals surface area (Å²) in [5.41, 5.74) is 1.14. The number of aryl methyl sites for hydroxylation is 2. The molecule has 0 bridgehead atoms. The van der Waals surface area contributed by atoms with Crippen molar-refractivity contribution in [3.8, 4) is 0 Å². The van der Waals surface area contributed by atoms with Gasteiger partial charge in [-0.25, -0.2) is 0 Å². The summed E-state index contributed by atoms with van der Waals surface area (Å²) in [6.07, 6.45) is -0.472. The zero-order chi connectivity index (χ0) is 12.1. The minimum Gasteiger partial charge on any atom is -0.466 e. The second-order valence-electron chi connectivity index (χ2n) is 4.11. The van der Waals surface area contributed by atoms with Gasteiger partial charge in [0, 0.05) is 25.3 Å². The number of hydrogen-bond acceptors (Lipinski definition) is 4. The van der Waals surface area contributed by atoms with Gasteiger partial charge in [-0.2, -0.15) is 0 Å². The molecule has 4 heteroatoms. The number of methoxy groups -OCH3 is 1. The summed E-state index contributed by atoms with van der Waals surface area (Å²) in [5, 5.41) is 12.8. The van der Waals surface area contributed by atoms with Crippen molar-refractivity contribution in [1.29, 1.82) is 0 Å². The van der Waals surface area contributed by atoms with Gasteiger partial charge in [-0.15, -0.1) is 0 Å².